The minimum absolute atomic E-state index is 0.151. The summed E-state index contributed by atoms with van der Waals surface area (Å²) >= 11 is 1.60. The SMILES string of the molecule is CSc1cccc(NC(=O)CCc2c(C)[nH]n(-c3ccc(F)cc3)c2=O)c1. The zero-order chi connectivity index (χ0) is 19.4. The molecule has 0 aliphatic carbocycles. The molecule has 27 heavy (non-hydrogen) atoms. The first-order chi connectivity index (χ1) is 13.0. The highest BCUT2D eigenvalue weighted by atomic mass is 32.2. The molecular weight excluding hydrogens is 365 g/mol. The molecule has 0 aliphatic heterocycles. The van der Waals surface area contributed by atoms with Crippen LogP contribution in [-0.4, -0.2) is 21.9 Å². The molecule has 1 heterocycles. The zero-order valence-electron chi connectivity index (χ0n) is 15.1. The number of hydrogen-bond donors (Lipinski definition) is 2. The average molecular weight is 385 g/mol. The molecule has 1 amide bonds. The fraction of sp³-hybridized carbons (Fsp3) is 0.200. The predicted molar refractivity (Wildman–Crippen MR) is 106 cm³/mol. The van der Waals surface area contributed by atoms with E-state index in [0.29, 0.717) is 23.4 Å². The molecule has 0 radical (unpaired) electrons. The Morgan fingerprint density at radius 1 is 1.22 bits per heavy atom. The quantitative estimate of drug-likeness (QED) is 0.633. The van der Waals surface area contributed by atoms with Crippen LogP contribution in [0.25, 0.3) is 5.69 Å². The van der Waals surface area contributed by atoms with Gasteiger partial charge in [0.1, 0.15) is 5.82 Å². The molecular formula is C20H20FN3O2S. The molecule has 0 saturated heterocycles. The molecule has 0 saturated carbocycles. The van der Waals surface area contributed by atoms with Crippen LogP contribution in [-0.2, 0) is 11.2 Å². The molecule has 2 aromatic carbocycles. The van der Waals surface area contributed by atoms with Gasteiger partial charge in [-0.3, -0.25) is 14.7 Å². The number of aromatic nitrogens is 2. The number of carbonyl (C=O) groups is 1. The molecule has 5 nitrogen and oxygen atoms in total. The van der Waals surface area contributed by atoms with Crippen LogP contribution in [0.15, 0.2) is 58.2 Å². The number of thioether (sulfide) groups is 1. The molecule has 1 aromatic heterocycles. The summed E-state index contributed by atoms with van der Waals surface area (Å²) in [5.41, 5.74) is 2.31. The van der Waals surface area contributed by atoms with Crippen molar-refractivity contribution in [2.24, 2.45) is 0 Å². The Bertz CT molecular complexity index is 1010. The molecule has 7 heteroatoms. The summed E-state index contributed by atoms with van der Waals surface area (Å²) in [6.07, 6.45) is 2.49. The lowest BCUT2D eigenvalue weighted by Gasteiger charge is -2.06. The van der Waals surface area contributed by atoms with Gasteiger partial charge in [-0.15, -0.1) is 11.8 Å². The van der Waals surface area contributed by atoms with Gasteiger partial charge in [0.15, 0.2) is 0 Å². The van der Waals surface area contributed by atoms with E-state index in [1.165, 1.54) is 28.9 Å². The highest BCUT2D eigenvalue weighted by molar-refractivity contribution is 7.98. The van der Waals surface area contributed by atoms with E-state index < -0.39 is 0 Å². The fourth-order valence-electron chi connectivity index (χ4n) is 2.81. The van der Waals surface area contributed by atoms with Crippen LogP contribution in [0.2, 0.25) is 0 Å². The lowest BCUT2D eigenvalue weighted by Crippen LogP contribution is -2.19. The van der Waals surface area contributed by atoms with Crippen molar-refractivity contribution in [2.75, 3.05) is 11.6 Å². The molecule has 0 aliphatic rings. The minimum Gasteiger partial charge on any atom is -0.326 e. The van der Waals surface area contributed by atoms with Gasteiger partial charge in [0.25, 0.3) is 5.56 Å². The minimum atomic E-state index is -0.363. The highest BCUT2D eigenvalue weighted by Crippen LogP contribution is 2.19. The normalized spacial score (nSPS) is 10.8. The fourth-order valence-corrected chi connectivity index (χ4v) is 3.27. The van der Waals surface area contributed by atoms with Gasteiger partial charge < -0.3 is 5.32 Å². The molecule has 0 spiro atoms. The average Bonchev–Trinajstić information content (AvgIpc) is 2.94. The van der Waals surface area contributed by atoms with Gasteiger partial charge in [0.2, 0.25) is 5.91 Å². The molecule has 140 valence electrons. The number of H-pyrrole nitrogens is 1. The maximum atomic E-state index is 13.1. The third-order valence-corrected chi connectivity index (χ3v) is 4.96. The summed E-state index contributed by atoms with van der Waals surface area (Å²) in [6.45, 7) is 1.79. The first-order valence-electron chi connectivity index (χ1n) is 8.48. The highest BCUT2D eigenvalue weighted by Gasteiger charge is 2.14. The Hall–Kier alpha value is -2.80. The third kappa shape index (κ3) is 4.49. The van der Waals surface area contributed by atoms with E-state index in [0.717, 1.165) is 10.6 Å². The van der Waals surface area contributed by atoms with E-state index in [2.05, 4.69) is 10.4 Å². The number of hydrogen-bond acceptors (Lipinski definition) is 3. The number of nitrogens with zero attached hydrogens (tertiary/aromatic N) is 1. The van der Waals surface area contributed by atoms with Crippen molar-refractivity contribution in [1.82, 2.24) is 9.78 Å². The maximum Gasteiger partial charge on any atom is 0.274 e. The monoisotopic (exact) mass is 385 g/mol. The Balaban J connectivity index is 1.70. The number of rotatable bonds is 6. The first kappa shape index (κ1) is 19.0. The zero-order valence-corrected chi connectivity index (χ0v) is 15.9. The summed E-state index contributed by atoms with van der Waals surface area (Å²) in [5, 5.41) is 5.84. The van der Waals surface area contributed by atoms with Crippen LogP contribution in [0.3, 0.4) is 0 Å². The molecule has 3 aromatic rings. The van der Waals surface area contributed by atoms with E-state index in [9.17, 15) is 14.0 Å². The van der Waals surface area contributed by atoms with Crippen molar-refractivity contribution in [3.63, 3.8) is 0 Å². The van der Waals surface area contributed by atoms with Gasteiger partial charge in [0, 0.05) is 28.3 Å². The van der Waals surface area contributed by atoms with E-state index in [-0.39, 0.29) is 23.7 Å². The van der Waals surface area contributed by atoms with Crippen molar-refractivity contribution < 1.29 is 9.18 Å². The molecule has 0 unspecified atom stereocenters. The molecule has 0 bridgehead atoms. The number of carbonyl (C=O) groups excluding carboxylic acids is 1. The van der Waals surface area contributed by atoms with Gasteiger partial charge >= 0.3 is 0 Å². The van der Waals surface area contributed by atoms with Crippen LogP contribution < -0.4 is 10.9 Å². The summed E-state index contributed by atoms with van der Waals surface area (Å²) in [4.78, 5) is 25.9. The Morgan fingerprint density at radius 3 is 2.67 bits per heavy atom. The van der Waals surface area contributed by atoms with Crippen LogP contribution in [0.4, 0.5) is 10.1 Å². The standard InChI is InChI=1S/C20H20FN3O2S/c1-13-18(20(26)24(23-13)16-8-6-14(21)7-9-16)10-11-19(25)22-15-4-3-5-17(12-15)27-2/h3-9,12,23H,10-11H2,1-2H3,(H,22,25). The second kappa shape index (κ2) is 8.26. The van der Waals surface area contributed by atoms with Crippen LogP contribution in [0, 0.1) is 12.7 Å². The Labute approximate surface area is 160 Å². The van der Waals surface area contributed by atoms with Crippen molar-refractivity contribution in [1.29, 1.82) is 0 Å². The Kier molecular flexibility index (Phi) is 5.81. The van der Waals surface area contributed by atoms with Gasteiger partial charge in [-0.05, 0) is 62.1 Å². The van der Waals surface area contributed by atoms with Crippen molar-refractivity contribution in [3.8, 4) is 5.69 Å². The number of benzene rings is 2. The molecule has 0 atom stereocenters. The second-order valence-corrected chi connectivity index (χ2v) is 6.99. The lowest BCUT2D eigenvalue weighted by molar-refractivity contribution is -0.116. The van der Waals surface area contributed by atoms with Crippen molar-refractivity contribution >= 4 is 23.4 Å². The lowest BCUT2D eigenvalue weighted by atomic mass is 10.1. The maximum absolute atomic E-state index is 13.1. The number of halogens is 1. The summed E-state index contributed by atoms with van der Waals surface area (Å²) in [7, 11) is 0. The largest absolute Gasteiger partial charge is 0.326 e. The van der Waals surface area contributed by atoms with Gasteiger partial charge in [-0.25, -0.2) is 9.07 Å². The number of aryl methyl sites for hydroxylation is 1. The first-order valence-corrected chi connectivity index (χ1v) is 9.71. The van der Waals surface area contributed by atoms with Crippen LogP contribution >= 0.6 is 11.8 Å². The third-order valence-electron chi connectivity index (χ3n) is 4.23. The number of nitrogens with one attached hydrogen (secondary N) is 2. The number of anilines is 1. The van der Waals surface area contributed by atoms with E-state index in [1.54, 1.807) is 18.7 Å². The topological polar surface area (TPSA) is 66.9 Å². The summed E-state index contributed by atoms with van der Waals surface area (Å²) < 4.78 is 14.4. The van der Waals surface area contributed by atoms with E-state index in [4.69, 9.17) is 0 Å². The smallest absolute Gasteiger partial charge is 0.274 e. The number of aromatic amines is 1. The Morgan fingerprint density at radius 2 is 1.96 bits per heavy atom. The molecule has 2 N–H and O–H groups in total. The summed E-state index contributed by atoms with van der Waals surface area (Å²) in [5.74, 6) is -0.515. The van der Waals surface area contributed by atoms with Gasteiger partial charge in [-0.1, -0.05) is 6.07 Å². The van der Waals surface area contributed by atoms with Gasteiger partial charge in [0.05, 0.1) is 5.69 Å². The van der Waals surface area contributed by atoms with E-state index >= 15 is 0 Å². The van der Waals surface area contributed by atoms with E-state index in [1.807, 2.05) is 30.5 Å². The molecule has 0 fully saturated rings. The van der Waals surface area contributed by atoms with Crippen molar-refractivity contribution in [2.45, 2.75) is 24.7 Å². The second-order valence-electron chi connectivity index (χ2n) is 6.11. The van der Waals surface area contributed by atoms with Crippen molar-refractivity contribution in [3.05, 3.63) is 76.0 Å². The number of amides is 1. The van der Waals surface area contributed by atoms with Gasteiger partial charge in [-0.2, -0.15) is 0 Å². The predicted octanol–water partition coefficient (Wildman–Crippen LogP) is 3.91. The summed E-state index contributed by atoms with van der Waals surface area (Å²) in [6, 6.07) is 13.3. The van der Waals surface area contributed by atoms with Crippen LogP contribution in [0.1, 0.15) is 17.7 Å². The van der Waals surface area contributed by atoms with Crippen LogP contribution in [0.5, 0.6) is 0 Å². The molecule has 3 rings (SSSR count).